The molecule has 0 amide bonds. The van der Waals surface area contributed by atoms with Gasteiger partial charge in [0.1, 0.15) is 5.75 Å². The van der Waals surface area contributed by atoms with Gasteiger partial charge in [0.25, 0.3) is 0 Å². The van der Waals surface area contributed by atoms with Gasteiger partial charge < -0.3 is 24.8 Å². The molecule has 0 aliphatic carbocycles. The summed E-state index contributed by atoms with van der Waals surface area (Å²) in [6.45, 7) is 8.80. The van der Waals surface area contributed by atoms with E-state index in [4.69, 9.17) is 14.2 Å². The standard InChI is InChI=1S/C20H34N4O3.HI/c1-15-12-23-18(16(2)19(15)25-4)13-24-20(21-3)22-8-5-9-27-14-17-6-10-26-11-7-17;/h12,17H,5-11,13-14H2,1-4H3,(H2,21,22,24);1H. The van der Waals surface area contributed by atoms with E-state index in [9.17, 15) is 0 Å². The van der Waals surface area contributed by atoms with Crippen molar-refractivity contribution >= 4 is 29.9 Å². The quantitative estimate of drug-likeness (QED) is 0.232. The number of methoxy groups -OCH3 is 1. The van der Waals surface area contributed by atoms with Crippen LogP contribution in [0.4, 0.5) is 0 Å². The molecule has 0 bridgehead atoms. The summed E-state index contributed by atoms with van der Waals surface area (Å²) in [6.07, 6.45) is 5.02. The molecule has 0 unspecified atom stereocenters. The van der Waals surface area contributed by atoms with E-state index in [-0.39, 0.29) is 24.0 Å². The van der Waals surface area contributed by atoms with Crippen molar-refractivity contribution < 1.29 is 14.2 Å². The highest BCUT2D eigenvalue weighted by molar-refractivity contribution is 14.0. The van der Waals surface area contributed by atoms with Gasteiger partial charge in [-0.25, -0.2) is 0 Å². The summed E-state index contributed by atoms with van der Waals surface area (Å²) in [7, 11) is 3.46. The fourth-order valence-electron chi connectivity index (χ4n) is 3.18. The highest BCUT2D eigenvalue weighted by atomic mass is 127. The summed E-state index contributed by atoms with van der Waals surface area (Å²) in [4.78, 5) is 8.77. The van der Waals surface area contributed by atoms with Gasteiger partial charge in [0.15, 0.2) is 5.96 Å². The third-order valence-electron chi connectivity index (χ3n) is 4.85. The monoisotopic (exact) mass is 506 g/mol. The number of aryl methyl sites for hydroxylation is 1. The lowest BCUT2D eigenvalue weighted by Gasteiger charge is -2.21. The highest BCUT2D eigenvalue weighted by Crippen LogP contribution is 2.23. The number of guanidine groups is 1. The number of hydrogen-bond acceptors (Lipinski definition) is 5. The molecule has 8 heteroatoms. The Morgan fingerprint density at radius 1 is 1.29 bits per heavy atom. The van der Waals surface area contributed by atoms with Gasteiger partial charge in [-0.2, -0.15) is 0 Å². The zero-order chi connectivity index (χ0) is 19.5. The molecule has 1 aromatic heterocycles. The number of aromatic nitrogens is 1. The van der Waals surface area contributed by atoms with Crippen LogP contribution in [0, 0.1) is 19.8 Å². The van der Waals surface area contributed by atoms with Crippen LogP contribution in [0.25, 0.3) is 0 Å². The minimum absolute atomic E-state index is 0. The molecule has 0 radical (unpaired) electrons. The normalized spacial score (nSPS) is 15.1. The highest BCUT2D eigenvalue weighted by Gasteiger charge is 2.13. The van der Waals surface area contributed by atoms with Gasteiger partial charge in [0.05, 0.1) is 19.3 Å². The number of aliphatic imine (C=N–C) groups is 1. The molecule has 1 fully saturated rings. The lowest BCUT2D eigenvalue weighted by Crippen LogP contribution is -2.38. The SMILES string of the molecule is CN=C(NCCCOCC1CCOCC1)NCc1ncc(C)c(OC)c1C.I. The zero-order valence-electron chi connectivity index (χ0n) is 17.5. The van der Waals surface area contributed by atoms with Crippen LogP contribution in [0.5, 0.6) is 5.75 Å². The van der Waals surface area contributed by atoms with Crippen LogP contribution in [0.3, 0.4) is 0 Å². The fraction of sp³-hybridized carbons (Fsp3) is 0.700. The topological polar surface area (TPSA) is 77.0 Å². The van der Waals surface area contributed by atoms with Crippen molar-refractivity contribution in [2.45, 2.75) is 39.7 Å². The van der Waals surface area contributed by atoms with Gasteiger partial charge in [-0.15, -0.1) is 24.0 Å². The third-order valence-corrected chi connectivity index (χ3v) is 4.85. The van der Waals surface area contributed by atoms with Gasteiger partial charge in [-0.1, -0.05) is 0 Å². The molecule has 2 heterocycles. The third kappa shape index (κ3) is 8.08. The first-order chi connectivity index (χ1) is 13.2. The summed E-state index contributed by atoms with van der Waals surface area (Å²) in [6, 6.07) is 0. The van der Waals surface area contributed by atoms with Crippen LogP contribution in [-0.2, 0) is 16.0 Å². The summed E-state index contributed by atoms with van der Waals surface area (Å²) >= 11 is 0. The first-order valence-electron chi connectivity index (χ1n) is 9.74. The Labute approximate surface area is 186 Å². The Morgan fingerprint density at radius 2 is 2.04 bits per heavy atom. The summed E-state index contributed by atoms with van der Waals surface area (Å²) in [5.41, 5.74) is 3.06. The second kappa shape index (κ2) is 13.9. The van der Waals surface area contributed by atoms with E-state index in [1.807, 2.05) is 20.0 Å². The van der Waals surface area contributed by atoms with E-state index in [0.717, 1.165) is 80.8 Å². The second-order valence-electron chi connectivity index (χ2n) is 6.88. The Hall–Kier alpha value is -1.13. The van der Waals surface area contributed by atoms with Crippen molar-refractivity contribution in [2.24, 2.45) is 10.9 Å². The van der Waals surface area contributed by atoms with Crippen LogP contribution in [0.2, 0.25) is 0 Å². The van der Waals surface area contributed by atoms with Crippen LogP contribution in [0.1, 0.15) is 36.1 Å². The van der Waals surface area contributed by atoms with E-state index in [1.54, 1.807) is 14.2 Å². The first kappa shape index (κ1) is 24.9. The molecular weight excluding hydrogens is 471 g/mol. The lowest BCUT2D eigenvalue weighted by atomic mass is 10.0. The molecule has 1 aliphatic heterocycles. The molecule has 0 atom stereocenters. The number of halogens is 1. The van der Waals surface area contributed by atoms with Crippen LogP contribution >= 0.6 is 24.0 Å². The number of nitrogens with one attached hydrogen (secondary N) is 2. The minimum Gasteiger partial charge on any atom is -0.496 e. The Bertz CT molecular complexity index is 607. The second-order valence-corrected chi connectivity index (χ2v) is 6.88. The van der Waals surface area contributed by atoms with E-state index >= 15 is 0 Å². The maximum atomic E-state index is 5.79. The molecule has 1 aliphatic rings. The predicted molar refractivity (Wildman–Crippen MR) is 123 cm³/mol. The molecule has 0 spiro atoms. The van der Waals surface area contributed by atoms with Gasteiger partial charge >= 0.3 is 0 Å². The summed E-state index contributed by atoms with van der Waals surface area (Å²) in [5, 5.41) is 6.62. The maximum Gasteiger partial charge on any atom is 0.191 e. The number of hydrogen-bond donors (Lipinski definition) is 2. The van der Waals surface area contributed by atoms with E-state index in [2.05, 4.69) is 20.6 Å². The average molecular weight is 506 g/mol. The largest absolute Gasteiger partial charge is 0.496 e. The number of pyridine rings is 1. The lowest BCUT2D eigenvalue weighted by molar-refractivity contribution is 0.0203. The molecule has 28 heavy (non-hydrogen) atoms. The molecular formula is C20H35IN4O3. The number of rotatable bonds is 9. The van der Waals surface area contributed by atoms with Gasteiger partial charge in [-0.05, 0) is 39.0 Å². The minimum atomic E-state index is 0. The molecule has 2 N–H and O–H groups in total. The first-order valence-corrected chi connectivity index (χ1v) is 9.74. The van der Waals surface area contributed by atoms with Crippen molar-refractivity contribution in [2.75, 3.05) is 47.1 Å². The van der Waals surface area contributed by atoms with Gasteiger partial charge in [0.2, 0.25) is 0 Å². The fourth-order valence-corrected chi connectivity index (χ4v) is 3.18. The smallest absolute Gasteiger partial charge is 0.191 e. The molecule has 1 aromatic rings. The molecule has 7 nitrogen and oxygen atoms in total. The van der Waals surface area contributed by atoms with Crippen molar-refractivity contribution in [3.63, 3.8) is 0 Å². The molecule has 160 valence electrons. The van der Waals surface area contributed by atoms with Crippen LogP contribution in [-0.4, -0.2) is 58.1 Å². The zero-order valence-corrected chi connectivity index (χ0v) is 19.9. The van der Waals surface area contributed by atoms with Crippen molar-refractivity contribution in [3.05, 3.63) is 23.0 Å². The van der Waals surface area contributed by atoms with Crippen molar-refractivity contribution in [1.29, 1.82) is 0 Å². The number of nitrogens with zero attached hydrogens (tertiary/aromatic N) is 2. The molecule has 0 aromatic carbocycles. The Morgan fingerprint density at radius 3 is 2.71 bits per heavy atom. The van der Waals surface area contributed by atoms with Crippen molar-refractivity contribution in [3.8, 4) is 5.75 Å². The maximum absolute atomic E-state index is 5.79. The summed E-state index contributed by atoms with van der Waals surface area (Å²) < 4.78 is 16.6. The van der Waals surface area contributed by atoms with Gasteiger partial charge in [-0.3, -0.25) is 9.98 Å². The average Bonchev–Trinajstić information content (AvgIpc) is 2.69. The molecule has 1 saturated heterocycles. The summed E-state index contributed by atoms with van der Waals surface area (Å²) in [5.74, 6) is 2.31. The van der Waals surface area contributed by atoms with Crippen molar-refractivity contribution in [1.82, 2.24) is 15.6 Å². The Balaban J connectivity index is 0.00000392. The number of ether oxygens (including phenoxy) is 3. The van der Waals surface area contributed by atoms with Gasteiger partial charge in [0, 0.05) is 57.3 Å². The molecule has 0 saturated carbocycles. The predicted octanol–water partition coefficient (Wildman–Crippen LogP) is 2.82. The van der Waals surface area contributed by atoms with E-state index in [1.165, 1.54) is 0 Å². The van der Waals surface area contributed by atoms with Crippen LogP contribution < -0.4 is 15.4 Å². The molecule has 2 rings (SSSR count). The Kier molecular flexibility index (Phi) is 12.4. The van der Waals surface area contributed by atoms with Crippen LogP contribution in [0.15, 0.2) is 11.2 Å². The van der Waals surface area contributed by atoms with E-state index < -0.39 is 0 Å². The van der Waals surface area contributed by atoms with E-state index in [0.29, 0.717) is 12.5 Å².